The average Bonchev–Trinajstić information content (AvgIpc) is 2.86. The van der Waals surface area contributed by atoms with Crippen LogP contribution in [-0.2, 0) is 11.3 Å². The monoisotopic (exact) mass is 263 g/mol. The van der Waals surface area contributed by atoms with E-state index in [0.717, 1.165) is 38.2 Å². The largest absolute Gasteiger partial charge is 0.468 e. The van der Waals surface area contributed by atoms with E-state index in [1.54, 1.807) is 6.26 Å². The van der Waals surface area contributed by atoms with Gasteiger partial charge in [-0.1, -0.05) is 27.2 Å². The molecule has 0 amide bonds. The maximum absolute atomic E-state index is 12.5. The Morgan fingerprint density at radius 3 is 2.89 bits per heavy atom. The summed E-state index contributed by atoms with van der Waals surface area (Å²) in [6.45, 7) is 8.92. The second-order valence-corrected chi connectivity index (χ2v) is 6.24. The van der Waals surface area contributed by atoms with E-state index in [1.165, 1.54) is 6.42 Å². The van der Waals surface area contributed by atoms with E-state index in [0.29, 0.717) is 5.78 Å². The van der Waals surface area contributed by atoms with Crippen molar-refractivity contribution in [1.82, 2.24) is 4.90 Å². The second kappa shape index (κ2) is 5.91. The van der Waals surface area contributed by atoms with E-state index in [-0.39, 0.29) is 11.3 Å². The standard InChI is InChI=1S/C16H25NO2/c1-4-17(12-14-8-6-10-19-14)11-13-7-5-9-16(2,3)15(13)18/h6,8,10,13H,4-5,7,9,11-12H2,1-3H3. The lowest BCUT2D eigenvalue weighted by Crippen LogP contribution is -2.41. The Morgan fingerprint density at radius 1 is 1.47 bits per heavy atom. The Bertz CT molecular complexity index is 408. The number of hydrogen-bond acceptors (Lipinski definition) is 3. The van der Waals surface area contributed by atoms with Gasteiger partial charge in [0.2, 0.25) is 0 Å². The summed E-state index contributed by atoms with van der Waals surface area (Å²) in [5, 5.41) is 0. The van der Waals surface area contributed by atoms with E-state index < -0.39 is 0 Å². The Morgan fingerprint density at radius 2 is 2.26 bits per heavy atom. The molecule has 1 unspecified atom stereocenters. The number of nitrogens with zero attached hydrogens (tertiary/aromatic N) is 1. The predicted molar refractivity (Wildman–Crippen MR) is 75.8 cm³/mol. The molecule has 0 bridgehead atoms. The number of rotatable bonds is 5. The fraction of sp³-hybridized carbons (Fsp3) is 0.688. The number of Topliss-reactive ketones (excluding diaryl/α,β-unsaturated/α-hetero) is 1. The first-order valence-electron chi connectivity index (χ1n) is 7.32. The van der Waals surface area contributed by atoms with Gasteiger partial charge in [-0.05, 0) is 31.5 Å². The topological polar surface area (TPSA) is 33.5 Å². The van der Waals surface area contributed by atoms with Crippen molar-refractivity contribution in [3.63, 3.8) is 0 Å². The maximum atomic E-state index is 12.5. The molecule has 0 radical (unpaired) electrons. The second-order valence-electron chi connectivity index (χ2n) is 6.24. The number of hydrogen-bond donors (Lipinski definition) is 0. The van der Waals surface area contributed by atoms with Gasteiger partial charge in [0.05, 0.1) is 12.8 Å². The first kappa shape index (κ1) is 14.3. The zero-order valence-electron chi connectivity index (χ0n) is 12.3. The minimum atomic E-state index is -0.132. The minimum absolute atomic E-state index is 0.132. The molecule has 0 aliphatic heterocycles. The Kier molecular flexibility index (Phi) is 4.46. The van der Waals surface area contributed by atoms with Gasteiger partial charge in [-0.2, -0.15) is 0 Å². The van der Waals surface area contributed by atoms with Crippen LogP contribution in [0.4, 0.5) is 0 Å². The van der Waals surface area contributed by atoms with E-state index in [9.17, 15) is 4.79 Å². The van der Waals surface area contributed by atoms with Crippen molar-refractivity contribution in [2.75, 3.05) is 13.1 Å². The van der Waals surface area contributed by atoms with E-state index in [4.69, 9.17) is 4.42 Å². The third kappa shape index (κ3) is 3.47. The van der Waals surface area contributed by atoms with Gasteiger partial charge in [-0.3, -0.25) is 9.69 Å². The first-order chi connectivity index (χ1) is 9.03. The van der Waals surface area contributed by atoms with Gasteiger partial charge in [0, 0.05) is 17.9 Å². The summed E-state index contributed by atoms with van der Waals surface area (Å²) in [7, 11) is 0. The van der Waals surface area contributed by atoms with Crippen molar-refractivity contribution in [1.29, 1.82) is 0 Å². The lowest BCUT2D eigenvalue weighted by molar-refractivity contribution is -0.135. The first-order valence-corrected chi connectivity index (χ1v) is 7.32. The summed E-state index contributed by atoms with van der Waals surface area (Å²) < 4.78 is 5.40. The predicted octanol–water partition coefficient (Wildman–Crippen LogP) is 3.50. The van der Waals surface area contributed by atoms with Crippen LogP contribution in [0.15, 0.2) is 22.8 Å². The van der Waals surface area contributed by atoms with Crippen LogP contribution in [0.2, 0.25) is 0 Å². The van der Waals surface area contributed by atoms with Gasteiger partial charge < -0.3 is 4.42 Å². The number of ketones is 1. The van der Waals surface area contributed by atoms with Gasteiger partial charge in [-0.25, -0.2) is 0 Å². The number of furan rings is 1. The quantitative estimate of drug-likeness (QED) is 0.815. The van der Waals surface area contributed by atoms with Crippen LogP contribution >= 0.6 is 0 Å². The number of carbonyl (C=O) groups is 1. The number of carbonyl (C=O) groups excluding carboxylic acids is 1. The average molecular weight is 263 g/mol. The fourth-order valence-electron chi connectivity index (χ4n) is 3.01. The summed E-state index contributed by atoms with van der Waals surface area (Å²) >= 11 is 0. The molecule has 0 saturated heterocycles. The van der Waals surface area contributed by atoms with Crippen LogP contribution in [0.5, 0.6) is 0 Å². The van der Waals surface area contributed by atoms with E-state index >= 15 is 0 Å². The molecule has 0 aromatic carbocycles. The van der Waals surface area contributed by atoms with Gasteiger partial charge in [-0.15, -0.1) is 0 Å². The molecule has 1 aromatic rings. The highest BCUT2D eigenvalue weighted by Gasteiger charge is 2.37. The third-order valence-corrected chi connectivity index (χ3v) is 4.28. The maximum Gasteiger partial charge on any atom is 0.142 e. The van der Waals surface area contributed by atoms with Crippen LogP contribution in [-0.4, -0.2) is 23.8 Å². The molecule has 3 nitrogen and oxygen atoms in total. The van der Waals surface area contributed by atoms with Gasteiger partial charge >= 0.3 is 0 Å². The summed E-state index contributed by atoms with van der Waals surface area (Å²) in [6, 6.07) is 3.91. The van der Waals surface area contributed by atoms with Crippen LogP contribution in [0.25, 0.3) is 0 Å². The minimum Gasteiger partial charge on any atom is -0.468 e. The third-order valence-electron chi connectivity index (χ3n) is 4.28. The van der Waals surface area contributed by atoms with Crippen molar-refractivity contribution in [2.45, 2.75) is 46.6 Å². The molecule has 1 aromatic heterocycles. The van der Waals surface area contributed by atoms with Crippen molar-refractivity contribution in [3.05, 3.63) is 24.2 Å². The highest BCUT2D eigenvalue weighted by molar-refractivity contribution is 5.87. The molecule has 1 aliphatic rings. The van der Waals surface area contributed by atoms with Crippen LogP contribution in [0.1, 0.15) is 45.8 Å². The Hall–Kier alpha value is -1.09. The normalized spacial score (nSPS) is 22.9. The summed E-state index contributed by atoms with van der Waals surface area (Å²) in [5.41, 5.74) is -0.132. The molecule has 3 heteroatoms. The van der Waals surface area contributed by atoms with Gasteiger partial charge in [0.1, 0.15) is 11.5 Å². The van der Waals surface area contributed by atoms with Crippen LogP contribution in [0.3, 0.4) is 0 Å². The zero-order chi connectivity index (χ0) is 13.9. The molecule has 0 spiro atoms. The molecule has 19 heavy (non-hydrogen) atoms. The van der Waals surface area contributed by atoms with Crippen molar-refractivity contribution >= 4 is 5.78 Å². The molecular formula is C16H25NO2. The van der Waals surface area contributed by atoms with Crippen molar-refractivity contribution in [2.24, 2.45) is 11.3 Å². The van der Waals surface area contributed by atoms with Gasteiger partial charge in [0.15, 0.2) is 0 Å². The summed E-state index contributed by atoms with van der Waals surface area (Å²) in [5.74, 6) is 1.61. The summed E-state index contributed by atoms with van der Waals surface area (Å²) in [6.07, 6.45) is 4.95. The molecule has 1 aliphatic carbocycles. The summed E-state index contributed by atoms with van der Waals surface area (Å²) in [4.78, 5) is 14.8. The fourth-order valence-corrected chi connectivity index (χ4v) is 3.01. The van der Waals surface area contributed by atoms with Crippen LogP contribution < -0.4 is 0 Å². The van der Waals surface area contributed by atoms with Gasteiger partial charge in [0.25, 0.3) is 0 Å². The molecule has 1 atom stereocenters. The van der Waals surface area contributed by atoms with Crippen molar-refractivity contribution in [3.8, 4) is 0 Å². The lowest BCUT2D eigenvalue weighted by Gasteiger charge is -2.35. The lowest BCUT2D eigenvalue weighted by atomic mass is 9.71. The molecule has 106 valence electrons. The highest BCUT2D eigenvalue weighted by Crippen LogP contribution is 2.35. The zero-order valence-corrected chi connectivity index (χ0v) is 12.3. The molecule has 1 fully saturated rings. The van der Waals surface area contributed by atoms with E-state index in [1.807, 2.05) is 12.1 Å². The SMILES string of the molecule is CCN(Cc1ccco1)CC1CCCC(C)(C)C1=O. The molecule has 0 N–H and O–H groups in total. The van der Waals surface area contributed by atoms with E-state index in [2.05, 4.69) is 25.7 Å². The Labute approximate surface area is 116 Å². The molecule has 1 saturated carbocycles. The molecular weight excluding hydrogens is 238 g/mol. The molecule has 1 heterocycles. The van der Waals surface area contributed by atoms with Crippen LogP contribution in [0, 0.1) is 11.3 Å². The smallest absolute Gasteiger partial charge is 0.142 e. The highest BCUT2D eigenvalue weighted by atomic mass is 16.3. The Balaban J connectivity index is 1.96. The van der Waals surface area contributed by atoms with Crippen molar-refractivity contribution < 1.29 is 9.21 Å². The molecule has 2 rings (SSSR count).